The van der Waals surface area contributed by atoms with E-state index < -0.39 is 6.10 Å². The molecule has 0 saturated heterocycles. The van der Waals surface area contributed by atoms with Crippen LogP contribution in [0.4, 0.5) is 0 Å². The van der Waals surface area contributed by atoms with Crippen molar-refractivity contribution in [3.63, 3.8) is 0 Å². The second-order valence-electron chi connectivity index (χ2n) is 5.34. The standard InChI is InChI=1S/C19H23NO4/c1-14(15-9-5-4-6-10-15)20-19(21)18(24-13-22-2)16-11-7-8-12-17(16)23-3/h4-12,14,18H,13H2,1-3H3,(H,20,21)/t14-,18-/m0/s1. The van der Waals surface area contributed by atoms with Crippen LogP contribution in [0.25, 0.3) is 0 Å². The number of hydrogen-bond donors (Lipinski definition) is 1. The fraction of sp³-hybridized carbons (Fsp3) is 0.316. The van der Waals surface area contributed by atoms with Crippen LogP contribution >= 0.6 is 0 Å². The minimum atomic E-state index is -0.813. The summed E-state index contributed by atoms with van der Waals surface area (Å²) in [5.41, 5.74) is 1.69. The molecule has 2 aromatic rings. The maximum Gasteiger partial charge on any atom is 0.254 e. The van der Waals surface area contributed by atoms with Gasteiger partial charge in [-0.1, -0.05) is 48.5 Å². The number of methoxy groups -OCH3 is 2. The second kappa shape index (κ2) is 9.05. The Balaban J connectivity index is 2.19. The molecule has 1 N–H and O–H groups in total. The van der Waals surface area contributed by atoms with Crippen molar-refractivity contribution in [2.75, 3.05) is 21.0 Å². The average Bonchev–Trinajstić information content (AvgIpc) is 2.63. The van der Waals surface area contributed by atoms with Gasteiger partial charge in [0.25, 0.3) is 5.91 Å². The highest BCUT2D eigenvalue weighted by Gasteiger charge is 2.26. The molecule has 24 heavy (non-hydrogen) atoms. The molecule has 0 heterocycles. The smallest absolute Gasteiger partial charge is 0.254 e. The number of benzene rings is 2. The zero-order valence-corrected chi connectivity index (χ0v) is 14.2. The summed E-state index contributed by atoms with van der Waals surface area (Å²) in [6.07, 6.45) is -0.813. The van der Waals surface area contributed by atoms with Gasteiger partial charge in [0.1, 0.15) is 12.5 Å². The number of ether oxygens (including phenoxy) is 3. The highest BCUT2D eigenvalue weighted by atomic mass is 16.7. The summed E-state index contributed by atoms with van der Waals surface area (Å²) in [7, 11) is 3.08. The van der Waals surface area contributed by atoms with Gasteiger partial charge in [-0.05, 0) is 18.6 Å². The van der Waals surface area contributed by atoms with E-state index in [1.165, 1.54) is 7.11 Å². The van der Waals surface area contributed by atoms with Gasteiger partial charge in [-0.25, -0.2) is 0 Å². The first-order valence-electron chi connectivity index (χ1n) is 7.76. The molecule has 0 unspecified atom stereocenters. The quantitative estimate of drug-likeness (QED) is 0.756. The van der Waals surface area contributed by atoms with Crippen molar-refractivity contribution in [3.8, 4) is 5.75 Å². The van der Waals surface area contributed by atoms with Crippen LogP contribution in [0.5, 0.6) is 5.75 Å². The summed E-state index contributed by atoms with van der Waals surface area (Å²) in [5, 5.41) is 2.98. The first-order valence-corrected chi connectivity index (χ1v) is 7.76. The molecule has 0 saturated carbocycles. The summed E-state index contributed by atoms with van der Waals surface area (Å²) < 4.78 is 15.9. The lowest BCUT2D eigenvalue weighted by Crippen LogP contribution is -2.33. The van der Waals surface area contributed by atoms with Crippen LogP contribution in [0.2, 0.25) is 0 Å². The lowest BCUT2D eigenvalue weighted by Gasteiger charge is -2.22. The number of carbonyl (C=O) groups is 1. The molecule has 128 valence electrons. The van der Waals surface area contributed by atoms with Crippen LogP contribution < -0.4 is 10.1 Å². The molecule has 0 aliphatic carbocycles. The molecule has 0 fully saturated rings. The minimum Gasteiger partial charge on any atom is -0.496 e. The second-order valence-corrected chi connectivity index (χ2v) is 5.34. The van der Waals surface area contributed by atoms with Crippen molar-refractivity contribution >= 4 is 5.91 Å². The Morgan fingerprint density at radius 3 is 2.38 bits per heavy atom. The van der Waals surface area contributed by atoms with Gasteiger partial charge >= 0.3 is 0 Å². The number of nitrogens with one attached hydrogen (secondary N) is 1. The molecule has 0 aliphatic rings. The van der Waals surface area contributed by atoms with Crippen LogP contribution in [0.1, 0.15) is 30.2 Å². The van der Waals surface area contributed by atoms with Gasteiger partial charge in [0, 0.05) is 12.7 Å². The van der Waals surface area contributed by atoms with Crippen molar-refractivity contribution in [2.45, 2.75) is 19.1 Å². The number of rotatable bonds is 8. The third-order valence-corrected chi connectivity index (χ3v) is 3.67. The fourth-order valence-corrected chi connectivity index (χ4v) is 2.44. The summed E-state index contributed by atoms with van der Waals surface area (Å²) in [6, 6.07) is 16.9. The summed E-state index contributed by atoms with van der Waals surface area (Å²) in [4.78, 5) is 12.8. The van der Waals surface area contributed by atoms with E-state index in [9.17, 15) is 4.79 Å². The molecule has 0 spiro atoms. The van der Waals surface area contributed by atoms with Crippen LogP contribution in [0, 0.1) is 0 Å². The molecule has 0 radical (unpaired) electrons. The predicted molar refractivity (Wildman–Crippen MR) is 91.7 cm³/mol. The van der Waals surface area contributed by atoms with Crippen molar-refractivity contribution in [1.82, 2.24) is 5.32 Å². The van der Waals surface area contributed by atoms with E-state index in [1.807, 2.05) is 55.5 Å². The molecular formula is C19H23NO4. The molecule has 0 aromatic heterocycles. The van der Waals surface area contributed by atoms with E-state index in [0.717, 1.165) is 5.56 Å². The Kier molecular flexibility index (Phi) is 6.78. The van der Waals surface area contributed by atoms with Crippen LogP contribution in [0.3, 0.4) is 0 Å². The molecule has 5 nitrogen and oxygen atoms in total. The Hall–Kier alpha value is -2.37. The minimum absolute atomic E-state index is 0.00977. The van der Waals surface area contributed by atoms with Gasteiger partial charge in [0.2, 0.25) is 0 Å². The third-order valence-electron chi connectivity index (χ3n) is 3.67. The van der Waals surface area contributed by atoms with E-state index >= 15 is 0 Å². The molecule has 2 aromatic carbocycles. The van der Waals surface area contributed by atoms with Gasteiger partial charge in [-0.3, -0.25) is 4.79 Å². The van der Waals surface area contributed by atoms with E-state index in [-0.39, 0.29) is 18.7 Å². The van der Waals surface area contributed by atoms with Crippen LogP contribution in [-0.4, -0.2) is 26.9 Å². The Labute approximate surface area is 142 Å². The molecule has 1 amide bonds. The number of carbonyl (C=O) groups excluding carboxylic acids is 1. The topological polar surface area (TPSA) is 56.8 Å². The first-order chi connectivity index (χ1) is 11.7. The molecule has 0 bridgehead atoms. The molecule has 2 rings (SSSR count). The number of para-hydroxylation sites is 1. The number of amides is 1. The average molecular weight is 329 g/mol. The van der Waals surface area contributed by atoms with Gasteiger partial charge in [-0.15, -0.1) is 0 Å². The Bertz CT molecular complexity index is 645. The molecule has 5 heteroatoms. The molecular weight excluding hydrogens is 306 g/mol. The summed E-state index contributed by atoms with van der Waals surface area (Å²) >= 11 is 0. The van der Waals surface area contributed by atoms with Crippen molar-refractivity contribution in [2.24, 2.45) is 0 Å². The third kappa shape index (κ3) is 4.57. The largest absolute Gasteiger partial charge is 0.496 e. The van der Waals surface area contributed by atoms with Gasteiger partial charge < -0.3 is 19.5 Å². The van der Waals surface area contributed by atoms with Crippen molar-refractivity contribution < 1.29 is 19.0 Å². The molecule has 2 atom stereocenters. The number of hydrogen-bond acceptors (Lipinski definition) is 4. The van der Waals surface area contributed by atoms with Crippen LogP contribution in [0.15, 0.2) is 54.6 Å². The summed E-state index contributed by atoms with van der Waals surface area (Å²) in [5.74, 6) is 0.356. The molecule has 0 aliphatic heterocycles. The zero-order valence-electron chi connectivity index (χ0n) is 14.2. The van der Waals surface area contributed by atoms with E-state index in [1.54, 1.807) is 13.2 Å². The maximum atomic E-state index is 12.8. The van der Waals surface area contributed by atoms with Crippen LogP contribution in [-0.2, 0) is 14.3 Å². The van der Waals surface area contributed by atoms with Gasteiger partial charge in [0.05, 0.1) is 13.2 Å². The lowest BCUT2D eigenvalue weighted by atomic mass is 10.1. The van der Waals surface area contributed by atoms with Crippen molar-refractivity contribution in [1.29, 1.82) is 0 Å². The monoisotopic (exact) mass is 329 g/mol. The van der Waals surface area contributed by atoms with Gasteiger partial charge in [-0.2, -0.15) is 0 Å². The van der Waals surface area contributed by atoms with Crippen molar-refractivity contribution in [3.05, 3.63) is 65.7 Å². The zero-order chi connectivity index (χ0) is 17.4. The van der Waals surface area contributed by atoms with E-state index in [2.05, 4.69) is 5.32 Å². The Morgan fingerprint density at radius 1 is 1.04 bits per heavy atom. The highest BCUT2D eigenvalue weighted by molar-refractivity contribution is 5.83. The Morgan fingerprint density at radius 2 is 1.71 bits per heavy atom. The SMILES string of the molecule is COCO[C@H](C(=O)N[C@@H](C)c1ccccc1)c1ccccc1OC. The van der Waals surface area contributed by atoms with E-state index in [0.29, 0.717) is 11.3 Å². The normalized spacial score (nSPS) is 13.1. The predicted octanol–water partition coefficient (Wildman–Crippen LogP) is 3.23. The summed E-state index contributed by atoms with van der Waals surface area (Å²) in [6.45, 7) is 1.94. The highest BCUT2D eigenvalue weighted by Crippen LogP contribution is 2.28. The van der Waals surface area contributed by atoms with Gasteiger partial charge in [0.15, 0.2) is 6.10 Å². The first kappa shape index (κ1) is 18.0. The van der Waals surface area contributed by atoms with E-state index in [4.69, 9.17) is 14.2 Å². The maximum absolute atomic E-state index is 12.8. The fourth-order valence-electron chi connectivity index (χ4n) is 2.44. The lowest BCUT2D eigenvalue weighted by molar-refractivity contribution is -0.143.